The minimum absolute atomic E-state index is 0.250. The summed E-state index contributed by atoms with van der Waals surface area (Å²) in [5.41, 5.74) is 0.809. The van der Waals surface area contributed by atoms with E-state index in [2.05, 4.69) is 10.1 Å². The Morgan fingerprint density at radius 1 is 1.54 bits per heavy atom. The van der Waals surface area contributed by atoms with Crippen LogP contribution >= 0.6 is 11.6 Å². The topological polar surface area (TPSA) is 52.1 Å². The van der Waals surface area contributed by atoms with E-state index in [0.29, 0.717) is 11.7 Å². The van der Waals surface area contributed by atoms with Gasteiger partial charge in [-0.3, -0.25) is 0 Å². The Labute approximate surface area is 79.5 Å². The molecule has 0 fully saturated rings. The van der Waals surface area contributed by atoms with E-state index < -0.39 is 0 Å². The molecular formula is C8H7ClN2O2. The molecule has 0 unspecified atom stereocenters. The third-order valence-corrected chi connectivity index (χ3v) is 1.92. The highest BCUT2D eigenvalue weighted by Crippen LogP contribution is 2.22. The van der Waals surface area contributed by atoms with Gasteiger partial charge in [-0.2, -0.15) is 4.98 Å². The van der Waals surface area contributed by atoms with Gasteiger partial charge in [0.2, 0.25) is 0 Å². The predicted octanol–water partition coefficient (Wildman–Crippen LogP) is 2.38. The van der Waals surface area contributed by atoms with Gasteiger partial charge in [0.15, 0.2) is 5.82 Å². The van der Waals surface area contributed by atoms with Gasteiger partial charge < -0.3 is 8.94 Å². The van der Waals surface area contributed by atoms with Crippen molar-refractivity contribution in [3.05, 3.63) is 23.9 Å². The van der Waals surface area contributed by atoms with Crippen molar-refractivity contribution in [2.75, 3.05) is 0 Å². The fourth-order valence-corrected chi connectivity index (χ4v) is 1.13. The normalized spacial score (nSPS) is 10.6. The van der Waals surface area contributed by atoms with Gasteiger partial charge in [0.05, 0.1) is 17.7 Å². The molecule has 0 amide bonds. The molecule has 0 bridgehead atoms. The summed E-state index contributed by atoms with van der Waals surface area (Å²) in [6, 6.07) is 1.78. The van der Waals surface area contributed by atoms with Crippen LogP contribution in [0.25, 0.3) is 11.5 Å². The summed E-state index contributed by atoms with van der Waals surface area (Å²) in [5, 5.41) is 3.67. The van der Waals surface area contributed by atoms with E-state index in [-0.39, 0.29) is 5.88 Å². The standard InChI is InChI=1S/C8H7ClN2O2/c1-5-6(2-3-12-5)8-10-7(4-9)11-13-8/h2-3H,4H2,1H3. The molecule has 0 N–H and O–H groups in total. The van der Waals surface area contributed by atoms with Crippen LogP contribution in [0.2, 0.25) is 0 Å². The van der Waals surface area contributed by atoms with Crippen molar-refractivity contribution in [3.8, 4) is 11.5 Å². The molecular weight excluding hydrogens is 192 g/mol. The van der Waals surface area contributed by atoms with Gasteiger partial charge in [-0.05, 0) is 13.0 Å². The molecule has 0 saturated carbocycles. The van der Waals surface area contributed by atoms with Crippen LogP contribution in [0.4, 0.5) is 0 Å². The zero-order chi connectivity index (χ0) is 9.26. The number of aromatic nitrogens is 2. The van der Waals surface area contributed by atoms with E-state index in [0.717, 1.165) is 11.3 Å². The lowest BCUT2D eigenvalue weighted by atomic mass is 10.3. The molecule has 0 spiro atoms. The molecule has 2 heterocycles. The van der Waals surface area contributed by atoms with Crippen LogP contribution in [0.3, 0.4) is 0 Å². The number of halogens is 1. The van der Waals surface area contributed by atoms with Crippen molar-refractivity contribution in [2.45, 2.75) is 12.8 Å². The van der Waals surface area contributed by atoms with Gasteiger partial charge in [-0.25, -0.2) is 0 Å². The highest BCUT2D eigenvalue weighted by Gasteiger charge is 2.11. The Hall–Kier alpha value is -1.29. The summed E-state index contributed by atoms with van der Waals surface area (Å²) in [4.78, 5) is 4.06. The summed E-state index contributed by atoms with van der Waals surface area (Å²) < 4.78 is 10.1. The third-order valence-electron chi connectivity index (χ3n) is 1.68. The number of rotatable bonds is 2. The largest absolute Gasteiger partial charge is 0.469 e. The number of alkyl halides is 1. The molecule has 0 aliphatic heterocycles. The lowest BCUT2D eigenvalue weighted by Gasteiger charge is -1.87. The van der Waals surface area contributed by atoms with E-state index >= 15 is 0 Å². The summed E-state index contributed by atoms with van der Waals surface area (Å²) in [7, 11) is 0. The van der Waals surface area contributed by atoms with Gasteiger partial charge in [0, 0.05) is 0 Å². The average Bonchev–Trinajstić information content (AvgIpc) is 2.71. The predicted molar refractivity (Wildman–Crippen MR) is 46.3 cm³/mol. The highest BCUT2D eigenvalue weighted by molar-refractivity contribution is 6.16. The van der Waals surface area contributed by atoms with Crippen LogP contribution in [-0.2, 0) is 5.88 Å². The van der Waals surface area contributed by atoms with E-state index in [1.54, 1.807) is 12.3 Å². The lowest BCUT2D eigenvalue weighted by molar-refractivity contribution is 0.423. The second-order valence-corrected chi connectivity index (χ2v) is 2.81. The first kappa shape index (κ1) is 8.31. The Morgan fingerprint density at radius 3 is 2.92 bits per heavy atom. The maximum atomic E-state index is 5.53. The number of hydrogen-bond donors (Lipinski definition) is 0. The van der Waals surface area contributed by atoms with Crippen LogP contribution in [0, 0.1) is 6.92 Å². The molecule has 0 aliphatic rings. The molecule has 68 valence electrons. The minimum Gasteiger partial charge on any atom is -0.469 e. The fraction of sp³-hybridized carbons (Fsp3) is 0.250. The van der Waals surface area contributed by atoms with E-state index in [1.165, 1.54) is 0 Å². The molecule has 2 aromatic heterocycles. The van der Waals surface area contributed by atoms with Crippen molar-refractivity contribution in [1.29, 1.82) is 0 Å². The molecule has 4 nitrogen and oxygen atoms in total. The van der Waals surface area contributed by atoms with Crippen molar-refractivity contribution in [3.63, 3.8) is 0 Å². The third kappa shape index (κ3) is 1.45. The van der Waals surface area contributed by atoms with E-state index in [9.17, 15) is 0 Å². The Balaban J connectivity index is 2.41. The van der Waals surface area contributed by atoms with E-state index in [4.69, 9.17) is 20.5 Å². The number of hydrogen-bond acceptors (Lipinski definition) is 4. The van der Waals surface area contributed by atoms with Gasteiger partial charge in [-0.15, -0.1) is 11.6 Å². The highest BCUT2D eigenvalue weighted by atomic mass is 35.5. The Bertz CT molecular complexity index is 408. The van der Waals surface area contributed by atoms with Crippen molar-refractivity contribution >= 4 is 11.6 Å². The summed E-state index contributed by atoms with van der Waals surface area (Å²) in [6.45, 7) is 1.83. The number of aryl methyl sites for hydroxylation is 1. The molecule has 0 atom stereocenters. The lowest BCUT2D eigenvalue weighted by Crippen LogP contribution is -1.80. The van der Waals surface area contributed by atoms with Gasteiger partial charge in [-0.1, -0.05) is 5.16 Å². The second kappa shape index (κ2) is 3.22. The van der Waals surface area contributed by atoms with Gasteiger partial charge in [0.1, 0.15) is 5.76 Å². The van der Waals surface area contributed by atoms with Crippen LogP contribution in [0.5, 0.6) is 0 Å². The number of furan rings is 1. The maximum absolute atomic E-state index is 5.53. The van der Waals surface area contributed by atoms with Crippen LogP contribution in [0.1, 0.15) is 11.6 Å². The van der Waals surface area contributed by atoms with Crippen LogP contribution in [0.15, 0.2) is 21.3 Å². The number of nitrogens with zero attached hydrogens (tertiary/aromatic N) is 2. The monoisotopic (exact) mass is 198 g/mol. The van der Waals surface area contributed by atoms with Crippen molar-refractivity contribution < 1.29 is 8.94 Å². The van der Waals surface area contributed by atoms with Crippen LogP contribution in [-0.4, -0.2) is 10.1 Å². The Morgan fingerprint density at radius 2 is 2.38 bits per heavy atom. The zero-order valence-corrected chi connectivity index (χ0v) is 7.71. The second-order valence-electron chi connectivity index (χ2n) is 2.54. The first-order valence-corrected chi connectivity index (χ1v) is 4.27. The molecule has 2 rings (SSSR count). The molecule has 0 aliphatic carbocycles. The molecule has 0 radical (unpaired) electrons. The van der Waals surface area contributed by atoms with Gasteiger partial charge >= 0.3 is 0 Å². The minimum atomic E-state index is 0.250. The van der Waals surface area contributed by atoms with Crippen molar-refractivity contribution in [2.24, 2.45) is 0 Å². The van der Waals surface area contributed by atoms with Gasteiger partial charge in [0.25, 0.3) is 5.89 Å². The first-order valence-electron chi connectivity index (χ1n) is 3.74. The quantitative estimate of drug-likeness (QED) is 0.696. The maximum Gasteiger partial charge on any atom is 0.261 e. The van der Waals surface area contributed by atoms with E-state index in [1.807, 2.05) is 6.92 Å². The zero-order valence-electron chi connectivity index (χ0n) is 6.95. The molecule has 5 heteroatoms. The molecule has 0 aromatic carbocycles. The summed E-state index contributed by atoms with van der Waals surface area (Å²) in [6.07, 6.45) is 1.58. The Kier molecular flexibility index (Phi) is 2.06. The summed E-state index contributed by atoms with van der Waals surface area (Å²) in [5.74, 6) is 1.93. The fourth-order valence-electron chi connectivity index (χ4n) is 1.02. The smallest absolute Gasteiger partial charge is 0.261 e. The summed E-state index contributed by atoms with van der Waals surface area (Å²) >= 11 is 5.53. The first-order chi connectivity index (χ1) is 6.31. The molecule has 0 saturated heterocycles. The SMILES string of the molecule is Cc1occc1-c1nc(CCl)no1. The van der Waals surface area contributed by atoms with Crippen molar-refractivity contribution in [1.82, 2.24) is 10.1 Å². The van der Waals surface area contributed by atoms with Crippen LogP contribution < -0.4 is 0 Å². The average molecular weight is 199 g/mol. The molecule has 2 aromatic rings. The molecule has 13 heavy (non-hydrogen) atoms.